The summed E-state index contributed by atoms with van der Waals surface area (Å²) >= 11 is 0. The van der Waals surface area contributed by atoms with E-state index in [4.69, 9.17) is 0 Å². The zero-order chi connectivity index (χ0) is 21.8. The van der Waals surface area contributed by atoms with Crippen molar-refractivity contribution >= 4 is 11.7 Å². The van der Waals surface area contributed by atoms with Crippen LogP contribution in [0, 0.1) is 17.8 Å². The molecule has 0 bridgehead atoms. The molecule has 5 heteroatoms. The monoisotopic (exact) mass is 407 g/mol. The lowest BCUT2D eigenvalue weighted by Crippen LogP contribution is -2.20. The number of ketones is 1. The molecular formula is C24H41NO4. The number of rotatable bonds is 13. The van der Waals surface area contributed by atoms with Gasteiger partial charge in [0, 0.05) is 38.8 Å². The summed E-state index contributed by atoms with van der Waals surface area (Å²) in [6.07, 6.45) is 13.5. The van der Waals surface area contributed by atoms with Crippen molar-refractivity contribution in [1.29, 1.82) is 0 Å². The lowest BCUT2D eigenvalue weighted by molar-refractivity contribution is -0.128. The fourth-order valence-corrected chi connectivity index (χ4v) is 3.90. The zero-order valence-corrected chi connectivity index (χ0v) is 18.7. The van der Waals surface area contributed by atoms with Crippen LogP contribution >= 0.6 is 0 Å². The van der Waals surface area contributed by atoms with Crippen molar-refractivity contribution in [3.63, 3.8) is 0 Å². The minimum atomic E-state index is -0.627. The molecule has 1 rings (SSSR count). The van der Waals surface area contributed by atoms with Crippen molar-refractivity contribution in [3.8, 4) is 0 Å². The van der Waals surface area contributed by atoms with Gasteiger partial charge in [-0.05, 0) is 31.6 Å². The third-order valence-corrected chi connectivity index (χ3v) is 5.81. The predicted molar refractivity (Wildman–Crippen MR) is 117 cm³/mol. The van der Waals surface area contributed by atoms with Crippen LogP contribution in [0.2, 0.25) is 0 Å². The third kappa shape index (κ3) is 9.72. The SMILES string of the molecule is CCCC[C@H](C)C[C@H](O)/C=C/[C@H]1C(=O)C[C@H](O)[C@@H]1C/C=C\CCCC(=O)N(C)C. The Morgan fingerprint density at radius 1 is 1.28 bits per heavy atom. The molecule has 0 radical (unpaired) electrons. The summed E-state index contributed by atoms with van der Waals surface area (Å²) in [5.41, 5.74) is 0. The van der Waals surface area contributed by atoms with Gasteiger partial charge in [0.25, 0.3) is 0 Å². The molecule has 0 aromatic carbocycles. The van der Waals surface area contributed by atoms with Gasteiger partial charge in [0.2, 0.25) is 5.91 Å². The first kappa shape index (κ1) is 25.6. The number of hydrogen-bond donors (Lipinski definition) is 2. The number of hydrogen-bond acceptors (Lipinski definition) is 4. The topological polar surface area (TPSA) is 77.8 Å². The van der Waals surface area contributed by atoms with Crippen LogP contribution in [0.3, 0.4) is 0 Å². The standard InChI is InChI=1S/C24H41NO4/c1-5-6-11-18(2)16-19(26)14-15-21-20(22(27)17-23(21)28)12-9-7-8-10-13-24(29)25(3)4/h7,9,14-15,18-22,26-27H,5-6,8,10-13,16-17H2,1-4H3/b9-7-,15-14+/t18-,19+,20+,21+,22-/m0/s1. The van der Waals surface area contributed by atoms with E-state index in [0.717, 1.165) is 25.7 Å². The Kier molecular flexibility index (Phi) is 12.1. The van der Waals surface area contributed by atoms with E-state index in [2.05, 4.69) is 13.8 Å². The molecule has 1 amide bonds. The van der Waals surface area contributed by atoms with Crippen molar-refractivity contribution in [2.75, 3.05) is 14.1 Å². The van der Waals surface area contributed by atoms with E-state index in [1.807, 2.05) is 18.2 Å². The minimum Gasteiger partial charge on any atom is -0.392 e. The molecule has 0 aromatic rings. The van der Waals surface area contributed by atoms with Gasteiger partial charge in [0.05, 0.1) is 12.2 Å². The highest BCUT2D eigenvalue weighted by Gasteiger charge is 2.39. The van der Waals surface area contributed by atoms with E-state index >= 15 is 0 Å². The molecule has 5 atom stereocenters. The third-order valence-electron chi connectivity index (χ3n) is 5.81. The molecule has 0 spiro atoms. The number of carbonyl (C=O) groups is 2. The average molecular weight is 408 g/mol. The molecule has 0 saturated heterocycles. The van der Waals surface area contributed by atoms with Gasteiger partial charge in [-0.3, -0.25) is 9.59 Å². The van der Waals surface area contributed by atoms with Gasteiger partial charge in [0.15, 0.2) is 0 Å². The summed E-state index contributed by atoms with van der Waals surface area (Å²) in [6, 6.07) is 0. The number of aliphatic hydroxyl groups is 2. The van der Waals surface area contributed by atoms with Gasteiger partial charge in [-0.15, -0.1) is 0 Å². The van der Waals surface area contributed by atoms with Crippen molar-refractivity contribution in [3.05, 3.63) is 24.3 Å². The predicted octanol–water partition coefficient (Wildman–Crippen LogP) is 3.89. The van der Waals surface area contributed by atoms with E-state index in [9.17, 15) is 19.8 Å². The summed E-state index contributed by atoms with van der Waals surface area (Å²) in [6.45, 7) is 4.31. The maximum atomic E-state index is 12.3. The van der Waals surface area contributed by atoms with Crippen molar-refractivity contribution < 1.29 is 19.8 Å². The summed E-state index contributed by atoms with van der Waals surface area (Å²) in [4.78, 5) is 25.4. The van der Waals surface area contributed by atoms with Crippen LogP contribution in [0.25, 0.3) is 0 Å². The van der Waals surface area contributed by atoms with Crippen LogP contribution in [0.4, 0.5) is 0 Å². The summed E-state index contributed by atoms with van der Waals surface area (Å²) < 4.78 is 0. The number of carbonyl (C=O) groups excluding carboxylic acids is 2. The Morgan fingerprint density at radius 3 is 2.66 bits per heavy atom. The Morgan fingerprint density at radius 2 is 2.00 bits per heavy atom. The van der Waals surface area contributed by atoms with E-state index in [1.54, 1.807) is 25.1 Å². The molecule has 1 saturated carbocycles. The van der Waals surface area contributed by atoms with Gasteiger partial charge < -0.3 is 15.1 Å². The van der Waals surface area contributed by atoms with E-state index in [1.165, 1.54) is 6.42 Å². The van der Waals surface area contributed by atoms with Crippen molar-refractivity contribution in [1.82, 2.24) is 4.90 Å². The Hall–Kier alpha value is -1.46. The second-order valence-corrected chi connectivity index (χ2v) is 8.75. The molecule has 0 unspecified atom stereocenters. The lowest BCUT2D eigenvalue weighted by atomic mass is 9.89. The molecule has 0 heterocycles. The summed E-state index contributed by atoms with van der Waals surface area (Å²) in [5.74, 6) is 0.171. The van der Waals surface area contributed by atoms with E-state index < -0.39 is 12.2 Å². The maximum absolute atomic E-state index is 12.3. The highest BCUT2D eigenvalue weighted by molar-refractivity contribution is 5.86. The number of amides is 1. The summed E-state index contributed by atoms with van der Waals surface area (Å²) in [7, 11) is 3.51. The van der Waals surface area contributed by atoms with Crippen LogP contribution in [0.5, 0.6) is 0 Å². The van der Waals surface area contributed by atoms with Gasteiger partial charge in [-0.2, -0.15) is 0 Å². The molecule has 1 aliphatic carbocycles. The van der Waals surface area contributed by atoms with Crippen molar-refractivity contribution in [2.24, 2.45) is 17.8 Å². The molecule has 0 aliphatic heterocycles. The van der Waals surface area contributed by atoms with E-state index in [0.29, 0.717) is 25.2 Å². The fourth-order valence-electron chi connectivity index (χ4n) is 3.90. The molecule has 29 heavy (non-hydrogen) atoms. The van der Waals surface area contributed by atoms with Gasteiger partial charge >= 0.3 is 0 Å². The number of allylic oxidation sites excluding steroid dienone is 3. The lowest BCUT2D eigenvalue weighted by Gasteiger charge is -2.18. The van der Waals surface area contributed by atoms with Crippen LogP contribution in [-0.2, 0) is 9.59 Å². The molecule has 1 aliphatic rings. The number of aliphatic hydroxyl groups excluding tert-OH is 2. The molecule has 2 N–H and O–H groups in total. The summed E-state index contributed by atoms with van der Waals surface area (Å²) in [5, 5.41) is 20.5. The van der Waals surface area contributed by atoms with Gasteiger partial charge in [-0.1, -0.05) is 57.4 Å². The van der Waals surface area contributed by atoms with Gasteiger partial charge in [0.1, 0.15) is 5.78 Å². The molecular weight excluding hydrogens is 366 g/mol. The normalized spacial score (nSPS) is 24.5. The smallest absolute Gasteiger partial charge is 0.222 e. The van der Waals surface area contributed by atoms with E-state index in [-0.39, 0.29) is 29.9 Å². The Labute approximate surface area is 176 Å². The van der Waals surface area contributed by atoms with Gasteiger partial charge in [-0.25, -0.2) is 0 Å². The average Bonchev–Trinajstić information content (AvgIpc) is 2.93. The largest absolute Gasteiger partial charge is 0.392 e. The maximum Gasteiger partial charge on any atom is 0.222 e. The first-order chi connectivity index (χ1) is 13.8. The second-order valence-electron chi connectivity index (χ2n) is 8.75. The first-order valence-electron chi connectivity index (χ1n) is 11.2. The van der Waals surface area contributed by atoms with Crippen LogP contribution in [0.1, 0.15) is 71.6 Å². The molecule has 166 valence electrons. The van der Waals surface area contributed by atoms with Crippen LogP contribution in [-0.4, -0.2) is 53.1 Å². The number of Topliss-reactive ketones (excluding diaryl/α,β-unsaturated/α-hetero) is 1. The van der Waals surface area contributed by atoms with Crippen LogP contribution in [0.15, 0.2) is 24.3 Å². The van der Waals surface area contributed by atoms with Crippen molar-refractivity contribution in [2.45, 2.75) is 83.8 Å². The highest BCUT2D eigenvalue weighted by atomic mass is 16.3. The highest BCUT2D eigenvalue weighted by Crippen LogP contribution is 2.33. The molecule has 5 nitrogen and oxygen atoms in total. The first-order valence-corrected chi connectivity index (χ1v) is 11.2. The van der Waals surface area contributed by atoms with Crippen LogP contribution < -0.4 is 0 Å². The molecule has 1 fully saturated rings. The number of unbranched alkanes of at least 4 members (excludes halogenated alkanes) is 2. The Bertz CT molecular complexity index is 555. The fraction of sp³-hybridized carbons (Fsp3) is 0.750. The Balaban J connectivity index is 2.49. The number of nitrogens with zero attached hydrogens (tertiary/aromatic N) is 1. The minimum absolute atomic E-state index is 0.0509. The second kappa shape index (κ2) is 13.7. The molecule has 0 aromatic heterocycles. The zero-order valence-electron chi connectivity index (χ0n) is 18.7. The quantitative estimate of drug-likeness (QED) is 0.359.